The van der Waals surface area contributed by atoms with Crippen molar-refractivity contribution < 1.29 is 9.90 Å². The van der Waals surface area contributed by atoms with Gasteiger partial charge in [0.2, 0.25) is 0 Å². The van der Waals surface area contributed by atoms with Crippen molar-refractivity contribution in [1.29, 1.82) is 0 Å². The molecule has 0 fully saturated rings. The number of hydrogen-bond acceptors (Lipinski definition) is 4. The van der Waals surface area contributed by atoms with Crippen LogP contribution in [0.25, 0.3) is 11.4 Å². The molecule has 0 saturated heterocycles. The highest BCUT2D eigenvalue weighted by molar-refractivity contribution is 14.1. The van der Waals surface area contributed by atoms with Gasteiger partial charge in [-0.2, -0.15) is 0 Å². The molecule has 2 aromatic rings. The second-order valence-corrected chi connectivity index (χ2v) is 6.07. The second kappa shape index (κ2) is 5.65. The van der Waals surface area contributed by atoms with Crippen molar-refractivity contribution >= 4 is 40.2 Å². The summed E-state index contributed by atoms with van der Waals surface area (Å²) in [4.78, 5) is 11.5. The fourth-order valence-corrected chi connectivity index (χ4v) is 2.50. The maximum Gasteiger partial charge on any atom is 0.331 e. The van der Waals surface area contributed by atoms with Gasteiger partial charge in [-0.25, -0.2) is 9.48 Å². The highest BCUT2D eigenvalue weighted by Crippen LogP contribution is 2.30. The Balaban J connectivity index is 2.64. The van der Waals surface area contributed by atoms with Crippen LogP contribution in [-0.2, 0) is 10.3 Å². The first-order valence-electron chi connectivity index (χ1n) is 5.88. The van der Waals surface area contributed by atoms with Crippen molar-refractivity contribution in [3.63, 3.8) is 0 Å². The van der Waals surface area contributed by atoms with Crippen molar-refractivity contribution in [2.75, 3.05) is 0 Å². The van der Waals surface area contributed by atoms with Crippen molar-refractivity contribution in [2.45, 2.75) is 25.8 Å². The third-order valence-corrected chi connectivity index (χ3v) is 4.43. The molecule has 1 unspecified atom stereocenters. The predicted molar refractivity (Wildman–Crippen MR) is 82.6 cm³/mol. The molecule has 0 saturated carbocycles. The molecule has 8 heteroatoms. The van der Waals surface area contributed by atoms with Gasteiger partial charge < -0.3 is 5.11 Å². The second-order valence-electron chi connectivity index (χ2n) is 4.47. The lowest BCUT2D eigenvalue weighted by molar-refractivity contribution is -0.147. The van der Waals surface area contributed by atoms with Gasteiger partial charge in [0.05, 0.1) is 0 Å². The largest absolute Gasteiger partial charge is 0.479 e. The van der Waals surface area contributed by atoms with Crippen LogP contribution >= 0.6 is 34.2 Å². The molecular weight excluding hydrogens is 395 g/mol. The SMILES string of the molecule is CCC(C)(C(=O)O)n1nnnc1-c1cc(Cl)ccc1I. The van der Waals surface area contributed by atoms with Crippen LogP contribution in [0, 0.1) is 3.57 Å². The number of hydrogen-bond donors (Lipinski definition) is 1. The van der Waals surface area contributed by atoms with Crippen molar-refractivity contribution in [1.82, 2.24) is 20.2 Å². The van der Waals surface area contributed by atoms with Gasteiger partial charge >= 0.3 is 5.97 Å². The van der Waals surface area contributed by atoms with E-state index in [4.69, 9.17) is 11.6 Å². The molecule has 1 aromatic carbocycles. The Hall–Kier alpha value is -1.22. The van der Waals surface area contributed by atoms with Crippen LogP contribution in [0.2, 0.25) is 5.02 Å². The number of aromatic nitrogens is 4. The number of aliphatic carboxylic acids is 1. The Bertz CT molecular complexity index is 661. The highest BCUT2D eigenvalue weighted by atomic mass is 127. The van der Waals surface area contributed by atoms with E-state index in [1.807, 2.05) is 6.07 Å². The van der Waals surface area contributed by atoms with Crippen molar-refractivity contribution in [2.24, 2.45) is 0 Å². The third kappa shape index (κ3) is 2.51. The first-order chi connectivity index (χ1) is 9.40. The molecule has 0 bridgehead atoms. The van der Waals surface area contributed by atoms with E-state index in [1.165, 1.54) is 4.68 Å². The lowest BCUT2D eigenvalue weighted by atomic mass is 9.99. The number of carboxylic acids is 1. The predicted octanol–water partition coefficient (Wildman–Crippen LogP) is 2.81. The molecule has 106 valence electrons. The molecule has 2 rings (SSSR count). The lowest BCUT2D eigenvalue weighted by Gasteiger charge is -2.24. The summed E-state index contributed by atoms with van der Waals surface area (Å²) >= 11 is 8.14. The van der Waals surface area contributed by atoms with Crippen LogP contribution in [0.1, 0.15) is 20.3 Å². The molecule has 0 amide bonds. The van der Waals surface area contributed by atoms with Gasteiger partial charge in [0, 0.05) is 14.2 Å². The summed E-state index contributed by atoms with van der Waals surface area (Å²) in [5, 5.41) is 21.4. The Morgan fingerprint density at radius 3 is 2.85 bits per heavy atom. The summed E-state index contributed by atoms with van der Waals surface area (Å²) in [5.74, 6) is -0.589. The summed E-state index contributed by atoms with van der Waals surface area (Å²) in [6, 6.07) is 5.32. The van der Waals surface area contributed by atoms with E-state index in [1.54, 1.807) is 26.0 Å². The number of carbonyl (C=O) groups is 1. The molecular formula is C12H12ClIN4O2. The van der Waals surface area contributed by atoms with Crippen LogP contribution in [0.3, 0.4) is 0 Å². The summed E-state index contributed by atoms with van der Waals surface area (Å²) < 4.78 is 2.23. The Kier molecular flexibility index (Phi) is 4.28. The maximum absolute atomic E-state index is 11.5. The summed E-state index contributed by atoms with van der Waals surface area (Å²) in [7, 11) is 0. The van der Waals surface area contributed by atoms with Gasteiger partial charge in [-0.15, -0.1) is 5.10 Å². The van der Waals surface area contributed by atoms with Crippen LogP contribution in [0.5, 0.6) is 0 Å². The standard InChI is InChI=1S/C12H12ClIN4O2/c1-3-12(2,11(19)20)18-10(15-16-17-18)8-6-7(13)4-5-9(8)14/h4-6H,3H2,1-2H3,(H,19,20). The summed E-state index contributed by atoms with van der Waals surface area (Å²) in [6.45, 7) is 3.37. The number of carboxylic acid groups (broad SMARTS) is 1. The maximum atomic E-state index is 11.5. The van der Waals surface area contributed by atoms with Crippen molar-refractivity contribution in [3.8, 4) is 11.4 Å². The van der Waals surface area contributed by atoms with Crippen molar-refractivity contribution in [3.05, 3.63) is 26.8 Å². The van der Waals surface area contributed by atoms with Gasteiger partial charge in [0.1, 0.15) is 0 Å². The summed E-state index contributed by atoms with van der Waals surface area (Å²) in [6.07, 6.45) is 0.359. The zero-order valence-corrected chi connectivity index (χ0v) is 13.8. The topological polar surface area (TPSA) is 80.9 Å². The Morgan fingerprint density at radius 1 is 1.55 bits per heavy atom. The van der Waals surface area contributed by atoms with E-state index in [2.05, 4.69) is 38.1 Å². The van der Waals surface area contributed by atoms with E-state index < -0.39 is 11.5 Å². The zero-order valence-electron chi connectivity index (χ0n) is 10.8. The van der Waals surface area contributed by atoms with Gasteiger partial charge in [-0.1, -0.05) is 18.5 Å². The smallest absolute Gasteiger partial charge is 0.331 e. The van der Waals surface area contributed by atoms with Gasteiger partial charge in [0.15, 0.2) is 11.4 Å². The molecule has 0 spiro atoms. The number of halogens is 2. The first-order valence-corrected chi connectivity index (χ1v) is 7.33. The Morgan fingerprint density at radius 2 is 2.25 bits per heavy atom. The normalized spacial score (nSPS) is 14.0. The minimum atomic E-state index is -1.20. The van der Waals surface area contributed by atoms with E-state index in [0.717, 1.165) is 3.57 Å². The average molecular weight is 407 g/mol. The van der Waals surface area contributed by atoms with E-state index in [-0.39, 0.29) is 0 Å². The highest BCUT2D eigenvalue weighted by Gasteiger charge is 2.37. The molecule has 1 aromatic heterocycles. The molecule has 0 aliphatic heterocycles. The van der Waals surface area contributed by atoms with Gasteiger partial charge in [-0.3, -0.25) is 0 Å². The first kappa shape index (κ1) is 15.2. The lowest BCUT2D eigenvalue weighted by Crippen LogP contribution is -2.39. The van der Waals surface area contributed by atoms with Gasteiger partial charge in [-0.05, 0) is 64.6 Å². The minimum absolute atomic E-state index is 0.359. The molecule has 20 heavy (non-hydrogen) atoms. The molecule has 0 aliphatic rings. The fourth-order valence-electron chi connectivity index (χ4n) is 1.75. The Labute approximate surface area is 134 Å². The van der Waals surface area contributed by atoms with Crippen LogP contribution < -0.4 is 0 Å². The third-order valence-electron chi connectivity index (χ3n) is 3.26. The molecule has 0 aliphatic carbocycles. The number of benzene rings is 1. The van der Waals surface area contributed by atoms with E-state index in [0.29, 0.717) is 22.8 Å². The quantitative estimate of drug-likeness (QED) is 0.790. The van der Waals surface area contributed by atoms with Crippen LogP contribution in [0.15, 0.2) is 18.2 Å². The molecule has 1 heterocycles. The number of nitrogens with zero attached hydrogens (tertiary/aromatic N) is 4. The summed E-state index contributed by atoms with van der Waals surface area (Å²) in [5.41, 5.74) is -0.492. The molecule has 6 nitrogen and oxygen atoms in total. The van der Waals surface area contributed by atoms with Crippen LogP contribution in [0.4, 0.5) is 0 Å². The van der Waals surface area contributed by atoms with E-state index in [9.17, 15) is 9.90 Å². The van der Waals surface area contributed by atoms with E-state index >= 15 is 0 Å². The number of tetrazole rings is 1. The number of rotatable bonds is 4. The molecule has 0 radical (unpaired) electrons. The monoisotopic (exact) mass is 406 g/mol. The molecule has 1 N–H and O–H groups in total. The molecule has 1 atom stereocenters. The zero-order chi connectivity index (χ0) is 14.9. The fraction of sp³-hybridized carbons (Fsp3) is 0.333. The average Bonchev–Trinajstić information content (AvgIpc) is 2.90. The van der Waals surface area contributed by atoms with Crippen LogP contribution in [-0.4, -0.2) is 31.3 Å². The van der Waals surface area contributed by atoms with Gasteiger partial charge in [0.25, 0.3) is 0 Å². The minimum Gasteiger partial charge on any atom is -0.479 e.